The van der Waals surface area contributed by atoms with E-state index in [1.165, 1.54) is 6.07 Å². The fraction of sp³-hybridized carbons (Fsp3) is 0.417. The molecule has 4 N–H and O–H groups in total. The molecule has 0 saturated carbocycles. The van der Waals surface area contributed by atoms with Crippen LogP contribution in [0.2, 0.25) is 0 Å². The second-order valence-corrected chi connectivity index (χ2v) is 10.4. The normalized spacial score (nSPS) is 20.9. The number of halogens is 1. The van der Waals surface area contributed by atoms with Gasteiger partial charge in [0.25, 0.3) is 5.91 Å². The summed E-state index contributed by atoms with van der Waals surface area (Å²) < 4.78 is 13.8. The molecule has 0 radical (unpaired) electrons. The lowest BCUT2D eigenvalue weighted by atomic mass is 9.73. The molecule has 8 nitrogen and oxygen atoms in total. The molecule has 1 fully saturated rings. The summed E-state index contributed by atoms with van der Waals surface area (Å²) >= 11 is 1.57. The van der Waals surface area contributed by atoms with Crippen molar-refractivity contribution in [1.29, 1.82) is 0 Å². The van der Waals surface area contributed by atoms with Gasteiger partial charge in [-0.1, -0.05) is 6.07 Å². The molecule has 2 aliphatic heterocycles. The second kappa shape index (κ2) is 7.99. The number of carbonyl (C=O) groups is 1. The Bertz CT molecular complexity index is 1270. The van der Waals surface area contributed by atoms with Gasteiger partial charge in [-0.25, -0.2) is 19.3 Å². The standard InChI is InChI=1S/C24H26FN7OS/c25-15-2-1-14-10-24(21(26)16(14)9-15)4-7-31(8-5-24)19-11-28-20(22(27)30-19)23(33)32-6-3-17-18(12-32)34-13-29-17/h1-2,9,11,13,21H,3-8,10,12,26H2,(H2,27,30)/t21-/m1/s1. The van der Waals surface area contributed by atoms with E-state index < -0.39 is 0 Å². The van der Waals surface area contributed by atoms with Crippen LogP contribution in [0.3, 0.4) is 0 Å². The minimum absolute atomic E-state index is 0.0642. The predicted molar refractivity (Wildman–Crippen MR) is 128 cm³/mol. The maximum absolute atomic E-state index is 13.8. The Labute approximate surface area is 200 Å². The summed E-state index contributed by atoms with van der Waals surface area (Å²) in [5, 5.41) is 0. The van der Waals surface area contributed by atoms with E-state index >= 15 is 0 Å². The van der Waals surface area contributed by atoms with Crippen molar-refractivity contribution in [1.82, 2.24) is 19.9 Å². The fourth-order valence-electron chi connectivity index (χ4n) is 5.66. The van der Waals surface area contributed by atoms with E-state index in [4.69, 9.17) is 11.5 Å². The number of rotatable bonds is 2. The number of nitrogens with zero attached hydrogens (tertiary/aromatic N) is 5. The molecule has 2 aromatic heterocycles. The van der Waals surface area contributed by atoms with Gasteiger partial charge < -0.3 is 21.3 Å². The highest BCUT2D eigenvalue weighted by molar-refractivity contribution is 7.09. The van der Waals surface area contributed by atoms with Crippen molar-refractivity contribution in [2.75, 3.05) is 30.3 Å². The minimum Gasteiger partial charge on any atom is -0.382 e. The highest BCUT2D eigenvalue weighted by atomic mass is 32.1. The molecule has 1 atom stereocenters. The van der Waals surface area contributed by atoms with Crippen molar-refractivity contribution in [2.24, 2.45) is 11.1 Å². The first kappa shape index (κ1) is 21.4. The molecule has 3 aliphatic rings. The van der Waals surface area contributed by atoms with Crippen molar-refractivity contribution in [3.8, 4) is 0 Å². The van der Waals surface area contributed by atoms with Gasteiger partial charge in [-0.3, -0.25) is 4.79 Å². The van der Waals surface area contributed by atoms with Gasteiger partial charge in [0.15, 0.2) is 11.5 Å². The third-order valence-corrected chi connectivity index (χ3v) is 8.54. The van der Waals surface area contributed by atoms with E-state index in [0.717, 1.165) is 60.5 Å². The molecule has 10 heteroatoms. The monoisotopic (exact) mass is 479 g/mol. The number of benzene rings is 1. The summed E-state index contributed by atoms with van der Waals surface area (Å²) in [6, 6.07) is 4.80. The second-order valence-electron chi connectivity index (χ2n) is 9.51. The molecule has 1 saturated heterocycles. The van der Waals surface area contributed by atoms with E-state index in [9.17, 15) is 9.18 Å². The number of amides is 1. The lowest BCUT2D eigenvalue weighted by molar-refractivity contribution is 0.0731. The lowest BCUT2D eigenvalue weighted by Gasteiger charge is -2.42. The molecule has 4 heterocycles. The van der Waals surface area contributed by atoms with E-state index in [1.54, 1.807) is 28.5 Å². The van der Waals surface area contributed by atoms with Gasteiger partial charge in [-0.15, -0.1) is 11.3 Å². The molecular weight excluding hydrogens is 453 g/mol. The van der Waals surface area contributed by atoms with Gasteiger partial charge in [0.2, 0.25) is 0 Å². The van der Waals surface area contributed by atoms with Crippen LogP contribution in [0.15, 0.2) is 29.9 Å². The van der Waals surface area contributed by atoms with Crippen molar-refractivity contribution in [2.45, 2.75) is 38.3 Å². The Morgan fingerprint density at radius 3 is 2.82 bits per heavy atom. The molecule has 34 heavy (non-hydrogen) atoms. The highest BCUT2D eigenvalue weighted by Gasteiger charge is 2.46. The number of aromatic nitrogens is 3. The summed E-state index contributed by atoms with van der Waals surface area (Å²) in [4.78, 5) is 31.4. The summed E-state index contributed by atoms with van der Waals surface area (Å²) in [6.07, 6.45) is 5.00. The zero-order valence-corrected chi connectivity index (χ0v) is 19.5. The first-order valence-electron chi connectivity index (χ1n) is 11.6. The molecule has 1 spiro atoms. The Morgan fingerprint density at radius 1 is 1.21 bits per heavy atom. The van der Waals surface area contributed by atoms with Crippen LogP contribution in [0.5, 0.6) is 0 Å². The van der Waals surface area contributed by atoms with Crippen molar-refractivity contribution in [3.05, 3.63) is 63.1 Å². The molecule has 1 amide bonds. The summed E-state index contributed by atoms with van der Waals surface area (Å²) in [5.41, 5.74) is 17.9. The molecule has 1 aliphatic carbocycles. The Morgan fingerprint density at radius 2 is 2.03 bits per heavy atom. The first-order valence-corrected chi connectivity index (χ1v) is 12.4. The van der Waals surface area contributed by atoms with Crippen LogP contribution < -0.4 is 16.4 Å². The molecule has 176 valence electrons. The van der Waals surface area contributed by atoms with E-state index in [-0.39, 0.29) is 34.7 Å². The van der Waals surface area contributed by atoms with Gasteiger partial charge in [-0.2, -0.15) is 0 Å². The Balaban J connectivity index is 1.15. The first-order chi connectivity index (χ1) is 16.4. The number of carbonyl (C=O) groups excluding carboxylic acids is 1. The average molecular weight is 480 g/mol. The molecule has 0 bridgehead atoms. The van der Waals surface area contributed by atoms with Crippen molar-refractivity contribution < 1.29 is 9.18 Å². The number of nitrogen functional groups attached to an aromatic ring is 1. The Hall–Kier alpha value is -3.11. The van der Waals surface area contributed by atoms with Crippen LogP contribution in [0.1, 0.15) is 51.1 Å². The van der Waals surface area contributed by atoms with E-state index in [2.05, 4.69) is 19.9 Å². The van der Waals surface area contributed by atoms with Gasteiger partial charge >= 0.3 is 0 Å². The number of nitrogens with two attached hydrogens (primary N) is 2. The quantitative estimate of drug-likeness (QED) is 0.581. The molecular formula is C24H26FN7OS. The van der Waals surface area contributed by atoms with Crippen LogP contribution >= 0.6 is 11.3 Å². The van der Waals surface area contributed by atoms with Gasteiger partial charge in [0.05, 0.1) is 23.9 Å². The summed E-state index contributed by atoms with van der Waals surface area (Å²) in [6.45, 7) is 2.64. The number of hydrogen-bond donors (Lipinski definition) is 2. The third-order valence-electron chi connectivity index (χ3n) is 7.68. The average Bonchev–Trinajstić information content (AvgIpc) is 3.42. The van der Waals surface area contributed by atoms with Crippen LogP contribution in [0.25, 0.3) is 0 Å². The van der Waals surface area contributed by atoms with E-state index in [1.807, 2.05) is 11.6 Å². The summed E-state index contributed by atoms with van der Waals surface area (Å²) in [5.74, 6) is 0.386. The number of piperidine rings is 1. The van der Waals surface area contributed by atoms with Gasteiger partial charge in [0, 0.05) is 37.0 Å². The van der Waals surface area contributed by atoms with Crippen LogP contribution in [-0.2, 0) is 19.4 Å². The predicted octanol–water partition coefficient (Wildman–Crippen LogP) is 2.70. The van der Waals surface area contributed by atoms with Crippen LogP contribution in [0.4, 0.5) is 16.0 Å². The number of hydrogen-bond acceptors (Lipinski definition) is 8. The minimum atomic E-state index is -0.235. The smallest absolute Gasteiger partial charge is 0.276 e. The maximum atomic E-state index is 13.8. The third kappa shape index (κ3) is 3.43. The molecule has 0 unspecified atom stereocenters. The molecule has 3 aromatic rings. The van der Waals surface area contributed by atoms with Crippen LogP contribution in [-0.4, -0.2) is 45.4 Å². The Kier molecular flexibility index (Phi) is 5.03. The lowest BCUT2D eigenvalue weighted by Crippen LogP contribution is -2.44. The number of fused-ring (bicyclic) bond motifs is 2. The zero-order chi connectivity index (χ0) is 23.4. The number of anilines is 2. The summed E-state index contributed by atoms with van der Waals surface area (Å²) in [7, 11) is 0. The fourth-order valence-corrected chi connectivity index (χ4v) is 6.49. The topological polar surface area (TPSA) is 114 Å². The highest BCUT2D eigenvalue weighted by Crippen LogP contribution is 2.51. The maximum Gasteiger partial charge on any atom is 0.276 e. The number of thiazole rings is 1. The zero-order valence-electron chi connectivity index (χ0n) is 18.7. The van der Waals surface area contributed by atoms with Gasteiger partial charge in [-0.05, 0) is 47.9 Å². The van der Waals surface area contributed by atoms with Crippen molar-refractivity contribution in [3.63, 3.8) is 0 Å². The SMILES string of the molecule is Nc1nc(N2CCC3(CC2)Cc2ccc(F)cc2[C@H]3N)cnc1C(=O)N1CCc2ncsc2C1. The largest absolute Gasteiger partial charge is 0.382 e. The van der Waals surface area contributed by atoms with E-state index in [0.29, 0.717) is 18.9 Å². The molecule has 1 aromatic carbocycles. The molecule has 6 rings (SSSR count). The van der Waals surface area contributed by atoms with Crippen LogP contribution in [0, 0.1) is 11.2 Å². The van der Waals surface area contributed by atoms with Crippen molar-refractivity contribution >= 4 is 28.9 Å². The van der Waals surface area contributed by atoms with Gasteiger partial charge in [0.1, 0.15) is 11.6 Å².